The number of hydrogen-bond acceptors (Lipinski definition) is 3. The summed E-state index contributed by atoms with van der Waals surface area (Å²) < 4.78 is 0. The van der Waals surface area contributed by atoms with Gasteiger partial charge in [0.2, 0.25) is 5.91 Å². The van der Waals surface area contributed by atoms with Crippen molar-refractivity contribution in [1.29, 1.82) is 0 Å². The number of amides is 1. The second-order valence-electron chi connectivity index (χ2n) is 5.33. The molecule has 1 atom stereocenters. The molecule has 0 bridgehead atoms. The zero-order chi connectivity index (χ0) is 15.2. The number of hydrogen-bond donors (Lipinski definition) is 1. The van der Waals surface area contributed by atoms with E-state index in [1.807, 2.05) is 23.1 Å². The van der Waals surface area contributed by atoms with Gasteiger partial charge in [0.1, 0.15) is 0 Å². The number of rotatable bonds is 4. The molecule has 1 amide bonds. The summed E-state index contributed by atoms with van der Waals surface area (Å²) in [5.41, 5.74) is 0.847. The fourth-order valence-electron chi connectivity index (χ4n) is 2.40. The number of nitrogens with zero attached hydrogens (tertiary/aromatic N) is 2. The number of aliphatic hydroxyl groups excluding tert-OH is 1. The number of benzene rings is 1. The van der Waals surface area contributed by atoms with Crippen molar-refractivity contribution in [2.24, 2.45) is 0 Å². The number of aliphatic hydroxyl groups is 1. The van der Waals surface area contributed by atoms with Crippen LogP contribution in [0.5, 0.6) is 0 Å². The highest BCUT2D eigenvalue weighted by atomic mass is 35.5. The lowest BCUT2D eigenvalue weighted by molar-refractivity contribution is -0.127. The summed E-state index contributed by atoms with van der Waals surface area (Å²) >= 11 is 6.05. The van der Waals surface area contributed by atoms with Crippen LogP contribution in [0.25, 0.3) is 6.08 Å². The van der Waals surface area contributed by atoms with Gasteiger partial charge in [0.05, 0.1) is 6.10 Å². The van der Waals surface area contributed by atoms with Crippen LogP contribution < -0.4 is 0 Å². The van der Waals surface area contributed by atoms with Gasteiger partial charge in [-0.15, -0.1) is 0 Å². The lowest BCUT2D eigenvalue weighted by atomic mass is 10.2. The molecule has 1 saturated heterocycles. The minimum atomic E-state index is -0.327. The van der Waals surface area contributed by atoms with Gasteiger partial charge in [0, 0.05) is 43.8 Å². The molecule has 0 radical (unpaired) electrons. The molecule has 21 heavy (non-hydrogen) atoms. The smallest absolute Gasteiger partial charge is 0.246 e. The summed E-state index contributed by atoms with van der Waals surface area (Å²) in [5.74, 6) is 0.00613. The summed E-state index contributed by atoms with van der Waals surface area (Å²) in [6.45, 7) is 5.44. The number of carbonyl (C=O) groups excluding carboxylic acids is 1. The Balaban J connectivity index is 1.86. The molecule has 1 aromatic rings. The molecule has 2 rings (SSSR count). The average Bonchev–Trinajstić information content (AvgIpc) is 2.46. The zero-order valence-electron chi connectivity index (χ0n) is 12.2. The second-order valence-corrected chi connectivity index (χ2v) is 5.74. The van der Waals surface area contributed by atoms with E-state index in [0.717, 1.165) is 18.7 Å². The van der Waals surface area contributed by atoms with Crippen molar-refractivity contribution in [3.63, 3.8) is 0 Å². The standard InChI is InChI=1S/C16H21ClN2O2/c1-13(20)12-18-8-10-19(11-9-18)16(21)7-6-14-4-2-3-5-15(14)17/h2-7,13,20H,8-12H2,1H3/b7-6+/t13-/m1/s1. The zero-order valence-corrected chi connectivity index (χ0v) is 13.0. The predicted octanol–water partition coefficient (Wildman–Crippen LogP) is 1.88. The molecule has 0 unspecified atom stereocenters. The van der Waals surface area contributed by atoms with Crippen molar-refractivity contribution in [3.8, 4) is 0 Å². The summed E-state index contributed by atoms with van der Waals surface area (Å²) in [5, 5.41) is 10.0. The van der Waals surface area contributed by atoms with E-state index in [-0.39, 0.29) is 12.0 Å². The molecule has 5 heteroatoms. The average molecular weight is 309 g/mol. The van der Waals surface area contributed by atoms with E-state index in [2.05, 4.69) is 4.90 Å². The number of piperazine rings is 1. The van der Waals surface area contributed by atoms with Gasteiger partial charge in [0.15, 0.2) is 0 Å². The molecule has 0 saturated carbocycles. The van der Waals surface area contributed by atoms with E-state index in [1.165, 1.54) is 0 Å². The minimum Gasteiger partial charge on any atom is -0.392 e. The van der Waals surface area contributed by atoms with Gasteiger partial charge in [-0.25, -0.2) is 0 Å². The highest BCUT2D eigenvalue weighted by Gasteiger charge is 2.20. The first-order valence-corrected chi connectivity index (χ1v) is 7.56. The van der Waals surface area contributed by atoms with Gasteiger partial charge in [-0.3, -0.25) is 9.69 Å². The Morgan fingerprint density at radius 3 is 2.62 bits per heavy atom. The Bertz CT molecular complexity index is 509. The Kier molecular flexibility index (Phi) is 5.79. The van der Waals surface area contributed by atoms with Gasteiger partial charge in [-0.2, -0.15) is 0 Å². The molecular formula is C16H21ClN2O2. The van der Waals surface area contributed by atoms with E-state index in [0.29, 0.717) is 24.7 Å². The Morgan fingerprint density at radius 1 is 1.33 bits per heavy atom. The third-order valence-corrected chi connectivity index (χ3v) is 3.86. The van der Waals surface area contributed by atoms with Crippen LogP contribution in [0.1, 0.15) is 12.5 Å². The number of β-amino-alcohol motifs (C(OH)–C–C–N with tert-alkyl or cyclic N) is 1. The van der Waals surface area contributed by atoms with Crippen LogP contribution in [0.2, 0.25) is 5.02 Å². The molecule has 1 heterocycles. The SMILES string of the molecule is C[C@@H](O)CN1CCN(C(=O)/C=C/c2ccccc2Cl)CC1. The molecule has 0 spiro atoms. The molecule has 1 aromatic carbocycles. The van der Waals surface area contributed by atoms with Crippen molar-refractivity contribution in [2.75, 3.05) is 32.7 Å². The third-order valence-electron chi connectivity index (χ3n) is 3.52. The van der Waals surface area contributed by atoms with E-state index in [9.17, 15) is 9.90 Å². The maximum absolute atomic E-state index is 12.1. The van der Waals surface area contributed by atoms with Crippen molar-refractivity contribution >= 4 is 23.6 Å². The van der Waals surface area contributed by atoms with Crippen molar-refractivity contribution in [1.82, 2.24) is 9.80 Å². The van der Waals surface area contributed by atoms with E-state index in [4.69, 9.17) is 11.6 Å². The van der Waals surface area contributed by atoms with Crippen molar-refractivity contribution in [3.05, 3.63) is 40.9 Å². The van der Waals surface area contributed by atoms with Crippen LogP contribution in [0, 0.1) is 0 Å². The second kappa shape index (κ2) is 7.59. The number of halogens is 1. The Labute approximate surface area is 130 Å². The predicted molar refractivity (Wildman–Crippen MR) is 85.2 cm³/mol. The lowest BCUT2D eigenvalue weighted by Crippen LogP contribution is -2.49. The largest absolute Gasteiger partial charge is 0.392 e. The normalized spacial score (nSPS) is 18.1. The van der Waals surface area contributed by atoms with Crippen LogP contribution in [-0.4, -0.2) is 59.6 Å². The molecule has 4 nitrogen and oxygen atoms in total. The van der Waals surface area contributed by atoms with Crippen molar-refractivity contribution in [2.45, 2.75) is 13.0 Å². The molecule has 0 aliphatic carbocycles. The molecule has 1 fully saturated rings. The van der Waals surface area contributed by atoms with Crippen molar-refractivity contribution < 1.29 is 9.90 Å². The lowest BCUT2D eigenvalue weighted by Gasteiger charge is -2.34. The number of carbonyl (C=O) groups is 1. The molecular weight excluding hydrogens is 288 g/mol. The van der Waals surface area contributed by atoms with Gasteiger partial charge in [0.25, 0.3) is 0 Å². The third kappa shape index (κ3) is 4.84. The summed E-state index contributed by atoms with van der Waals surface area (Å²) in [4.78, 5) is 16.1. The molecule has 1 N–H and O–H groups in total. The highest BCUT2D eigenvalue weighted by Crippen LogP contribution is 2.16. The van der Waals surface area contributed by atoms with Crippen LogP contribution in [-0.2, 0) is 4.79 Å². The fourth-order valence-corrected chi connectivity index (χ4v) is 2.60. The Hall–Kier alpha value is -1.36. The van der Waals surface area contributed by atoms with Gasteiger partial charge in [-0.1, -0.05) is 29.8 Å². The van der Waals surface area contributed by atoms with Crippen LogP contribution in [0.3, 0.4) is 0 Å². The van der Waals surface area contributed by atoms with Crippen LogP contribution in [0.4, 0.5) is 0 Å². The molecule has 114 valence electrons. The van der Waals surface area contributed by atoms with E-state index in [1.54, 1.807) is 25.1 Å². The summed E-state index contributed by atoms with van der Waals surface area (Å²) in [7, 11) is 0. The highest BCUT2D eigenvalue weighted by molar-refractivity contribution is 6.32. The Morgan fingerprint density at radius 2 is 2.00 bits per heavy atom. The quantitative estimate of drug-likeness (QED) is 0.864. The fraction of sp³-hybridized carbons (Fsp3) is 0.438. The first-order valence-electron chi connectivity index (χ1n) is 7.18. The molecule has 0 aromatic heterocycles. The van der Waals surface area contributed by atoms with Gasteiger partial charge in [-0.05, 0) is 24.6 Å². The minimum absolute atomic E-state index is 0.00613. The van der Waals surface area contributed by atoms with Crippen LogP contribution >= 0.6 is 11.6 Å². The first-order chi connectivity index (χ1) is 10.1. The van der Waals surface area contributed by atoms with Crippen LogP contribution in [0.15, 0.2) is 30.3 Å². The summed E-state index contributed by atoms with van der Waals surface area (Å²) in [6, 6.07) is 7.45. The topological polar surface area (TPSA) is 43.8 Å². The maximum atomic E-state index is 12.1. The van der Waals surface area contributed by atoms with Gasteiger partial charge >= 0.3 is 0 Å². The first kappa shape index (κ1) is 16.0. The van der Waals surface area contributed by atoms with E-state index >= 15 is 0 Å². The molecule has 1 aliphatic heterocycles. The van der Waals surface area contributed by atoms with E-state index < -0.39 is 0 Å². The van der Waals surface area contributed by atoms with Gasteiger partial charge < -0.3 is 10.0 Å². The maximum Gasteiger partial charge on any atom is 0.246 e. The molecule has 1 aliphatic rings. The summed E-state index contributed by atoms with van der Waals surface area (Å²) in [6.07, 6.45) is 3.01. The monoisotopic (exact) mass is 308 g/mol.